The Morgan fingerprint density at radius 3 is 2.00 bits per heavy atom. The molecule has 0 unspecified atom stereocenters. The van der Waals surface area contributed by atoms with E-state index >= 15 is 0 Å². The van der Waals surface area contributed by atoms with E-state index in [0.717, 1.165) is 52.2 Å². The molecule has 2 spiro atoms. The van der Waals surface area contributed by atoms with E-state index in [0.29, 0.717) is 12.0 Å². The molecular formula is C18H32N2O4. The smallest absolute Gasteiger partial charge is 0.222 e. The van der Waals surface area contributed by atoms with Gasteiger partial charge in [-0.05, 0) is 13.5 Å². The van der Waals surface area contributed by atoms with E-state index in [2.05, 4.69) is 11.9 Å². The highest BCUT2D eigenvalue weighted by molar-refractivity contribution is 5.78. The first-order valence-electron chi connectivity index (χ1n) is 9.02. The summed E-state index contributed by atoms with van der Waals surface area (Å²) in [4.78, 5) is 25.0. The molecule has 0 N–H and O–H groups in total. The molecule has 6 nitrogen and oxygen atoms in total. The first-order valence-corrected chi connectivity index (χ1v) is 9.02. The number of likely N-dealkylation sites (N-methyl/N-ethyl adjacent to an activating group) is 1. The van der Waals surface area contributed by atoms with Gasteiger partial charge in [-0.2, -0.15) is 0 Å². The number of likely N-dealkylation sites (tertiary alicyclic amines) is 2. The van der Waals surface area contributed by atoms with Gasteiger partial charge in [-0.1, -0.05) is 20.8 Å². The Bertz CT molecular complexity index is 431. The van der Waals surface area contributed by atoms with Crippen LogP contribution in [0.2, 0.25) is 0 Å². The molecule has 1 amide bonds. The van der Waals surface area contributed by atoms with Gasteiger partial charge in [-0.25, -0.2) is 0 Å². The van der Waals surface area contributed by atoms with E-state index in [1.54, 1.807) is 0 Å². The van der Waals surface area contributed by atoms with Gasteiger partial charge < -0.3 is 24.1 Å². The second kappa shape index (κ2) is 7.93. The van der Waals surface area contributed by atoms with Crippen LogP contribution in [0.4, 0.5) is 0 Å². The van der Waals surface area contributed by atoms with Crippen molar-refractivity contribution < 1.29 is 19.1 Å². The molecule has 0 saturated carbocycles. The highest BCUT2D eigenvalue weighted by Gasteiger charge is 2.52. The lowest BCUT2D eigenvalue weighted by Gasteiger charge is -2.57. The fraction of sp³-hybridized carbons (Fsp3) is 0.889. The van der Waals surface area contributed by atoms with Crippen molar-refractivity contribution in [1.82, 2.24) is 9.80 Å². The zero-order valence-electron chi connectivity index (χ0n) is 15.5. The van der Waals surface area contributed by atoms with Crippen LogP contribution in [-0.2, 0) is 19.1 Å². The molecule has 0 aromatic carbocycles. The van der Waals surface area contributed by atoms with Crippen molar-refractivity contribution in [1.29, 1.82) is 0 Å². The fourth-order valence-electron chi connectivity index (χ4n) is 3.34. The molecule has 0 aromatic heterocycles. The summed E-state index contributed by atoms with van der Waals surface area (Å²) in [5.41, 5.74) is 0.488. The van der Waals surface area contributed by atoms with E-state index in [4.69, 9.17) is 9.47 Å². The van der Waals surface area contributed by atoms with Crippen LogP contribution in [0.5, 0.6) is 0 Å². The number of hydrogen-bond donors (Lipinski definition) is 0. The van der Waals surface area contributed by atoms with Crippen LogP contribution in [0.1, 0.15) is 40.0 Å². The van der Waals surface area contributed by atoms with Gasteiger partial charge in [0.1, 0.15) is 6.29 Å². The summed E-state index contributed by atoms with van der Waals surface area (Å²) in [7, 11) is 2.13. The van der Waals surface area contributed by atoms with E-state index in [-0.39, 0.29) is 17.4 Å². The van der Waals surface area contributed by atoms with Gasteiger partial charge in [0.2, 0.25) is 5.91 Å². The standard InChI is InChI=1S/C8H13NO2.C6H11NO.C4H8O/c1-2-7(10)9-4-3-8(9)5-11-6-8;1-7-4-6(5-7)2-3-8-6;1-4(2)3-5/h2-6H2,1H3;2-5H2,1H3;3-4H,1-2H3. The van der Waals surface area contributed by atoms with Crippen LogP contribution in [0.3, 0.4) is 0 Å². The first kappa shape index (κ1) is 19.3. The van der Waals surface area contributed by atoms with Crippen LogP contribution in [0, 0.1) is 5.92 Å². The molecule has 4 aliphatic rings. The van der Waals surface area contributed by atoms with Crippen molar-refractivity contribution in [2.24, 2.45) is 5.92 Å². The Balaban J connectivity index is 0.000000141. The Kier molecular flexibility index (Phi) is 6.39. The summed E-state index contributed by atoms with van der Waals surface area (Å²) in [6, 6.07) is 0. The maximum atomic E-state index is 11.3. The molecule has 0 radical (unpaired) electrons. The van der Waals surface area contributed by atoms with Crippen molar-refractivity contribution in [3.63, 3.8) is 0 Å². The minimum absolute atomic E-state index is 0.146. The lowest BCUT2D eigenvalue weighted by molar-refractivity contribution is -0.215. The zero-order valence-corrected chi connectivity index (χ0v) is 15.5. The van der Waals surface area contributed by atoms with E-state index in [1.165, 1.54) is 6.42 Å². The normalized spacial score (nSPS) is 25.1. The molecule has 0 atom stereocenters. The van der Waals surface area contributed by atoms with Crippen molar-refractivity contribution in [3.05, 3.63) is 0 Å². The number of ether oxygens (including phenoxy) is 2. The summed E-state index contributed by atoms with van der Waals surface area (Å²) in [6.07, 6.45) is 3.97. The van der Waals surface area contributed by atoms with Crippen molar-refractivity contribution in [3.8, 4) is 0 Å². The number of carbonyl (C=O) groups excluding carboxylic acids is 2. The van der Waals surface area contributed by atoms with Gasteiger partial charge >= 0.3 is 0 Å². The predicted octanol–water partition coefficient (Wildman–Crippen LogP) is 1.33. The Morgan fingerprint density at radius 2 is 1.83 bits per heavy atom. The molecule has 0 bridgehead atoms. The average Bonchev–Trinajstić information content (AvgIpc) is 2.40. The molecular weight excluding hydrogens is 308 g/mol. The molecule has 0 aromatic rings. The van der Waals surface area contributed by atoms with Crippen LogP contribution in [-0.4, -0.2) is 79.6 Å². The number of nitrogens with zero attached hydrogens (tertiary/aromatic N) is 2. The second-order valence-electron chi connectivity index (χ2n) is 7.70. The summed E-state index contributed by atoms with van der Waals surface area (Å²) in [6.45, 7) is 11.4. The molecule has 0 aliphatic carbocycles. The molecule has 4 rings (SSSR count). The fourth-order valence-corrected chi connectivity index (χ4v) is 3.34. The number of aldehydes is 1. The number of hydrogen-bond acceptors (Lipinski definition) is 5. The molecule has 4 fully saturated rings. The van der Waals surface area contributed by atoms with Crippen molar-refractivity contribution in [2.45, 2.75) is 51.2 Å². The number of rotatable bonds is 2. The molecule has 4 aliphatic heterocycles. The van der Waals surface area contributed by atoms with Crippen LogP contribution in [0.15, 0.2) is 0 Å². The zero-order chi connectivity index (χ0) is 17.8. The lowest BCUT2D eigenvalue weighted by Crippen LogP contribution is -2.72. The quantitative estimate of drug-likeness (QED) is 0.710. The van der Waals surface area contributed by atoms with Gasteiger partial charge in [-0.15, -0.1) is 0 Å². The molecule has 138 valence electrons. The minimum Gasteiger partial charge on any atom is -0.376 e. The van der Waals surface area contributed by atoms with Gasteiger partial charge in [-0.3, -0.25) is 4.79 Å². The molecule has 4 heterocycles. The van der Waals surface area contributed by atoms with E-state index < -0.39 is 0 Å². The monoisotopic (exact) mass is 340 g/mol. The van der Waals surface area contributed by atoms with Crippen molar-refractivity contribution in [2.75, 3.05) is 46.5 Å². The van der Waals surface area contributed by atoms with E-state index in [1.807, 2.05) is 25.7 Å². The van der Waals surface area contributed by atoms with Crippen LogP contribution >= 0.6 is 0 Å². The van der Waals surface area contributed by atoms with Crippen LogP contribution in [0.25, 0.3) is 0 Å². The second-order valence-corrected chi connectivity index (χ2v) is 7.70. The lowest BCUT2D eigenvalue weighted by atomic mass is 9.82. The summed E-state index contributed by atoms with van der Waals surface area (Å²) in [5.74, 6) is 0.481. The third kappa shape index (κ3) is 4.16. The first-order chi connectivity index (χ1) is 11.4. The maximum absolute atomic E-state index is 11.3. The average molecular weight is 340 g/mol. The summed E-state index contributed by atoms with van der Waals surface area (Å²) >= 11 is 0. The highest BCUT2D eigenvalue weighted by Crippen LogP contribution is 2.37. The largest absolute Gasteiger partial charge is 0.376 e. The minimum atomic E-state index is 0.146. The molecule has 4 saturated heterocycles. The topological polar surface area (TPSA) is 59.1 Å². The van der Waals surface area contributed by atoms with Gasteiger partial charge in [0.25, 0.3) is 0 Å². The Morgan fingerprint density at radius 1 is 1.25 bits per heavy atom. The van der Waals surface area contributed by atoms with Gasteiger partial charge in [0.05, 0.1) is 31.0 Å². The summed E-state index contributed by atoms with van der Waals surface area (Å²) in [5, 5.41) is 0. The van der Waals surface area contributed by atoms with Crippen LogP contribution < -0.4 is 0 Å². The Hall–Kier alpha value is -0.980. The van der Waals surface area contributed by atoms with E-state index in [9.17, 15) is 9.59 Å². The number of carbonyl (C=O) groups is 2. The number of amides is 1. The predicted molar refractivity (Wildman–Crippen MR) is 91.9 cm³/mol. The van der Waals surface area contributed by atoms with Gasteiger partial charge in [0, 0.05) is 38.4 Å². The molecule has 24 heavy (non-hydrogen) atoms. The maximum Gasteiger partial charge on any atom is 0.222 e. The highest BCUT2D eigenvalue weighted by atomic mass is 16.5. The SMILES string of the molecule is CC(C)C=O.CCC(=O)N1CCC12COC2.CN1CC2(CCO2)C1. The summed E-state index contributed by atoms with van der Waals surface area (Å²) < 4.78 is 10.5. The third-order valence-electron chi connectivity index (χ3n) is 5.07. The Labute approximate surface area is 145 Å². The van der Waals surface area contributed by atoms with Gasteiger partial charge in [0.15, 0.2) is 0 Å². The third-order valence-corrected chi connectivity index (χ3v) is 5.07. The van der Waals surface area contributed by atoms with Crippen molar-refractivity contribution >= 4 is 12.2 Å². The molecule has 6 heteroatoms.